The minimum Gasteiger partial charge on any atom is -0.756 e. The fourth-order valence-corrected chi connectivity index (χ4v) is 7.82. The summed E-state index contributed by atoms with van der Waals surface area (Å²) in [6, 6.07) is 0. The largest absolute Gasteiger partial charge is 0.756 e. The third kappa shape index (κ3) is 28.3. The van der Waals surface area contributed by atoms with Gasteiger partial charge >= 0.3 is 11.9 Å². The van der Waals surface area contributed by atoms with Crippen molar-refractivity contribution in [2.75, 3.05) is 47.5 Å². The number of aryl methyl sites for hydroxylation is 2. The molecule has 2 heterocycles. The molecule has 356 valence electrons. The number of carbonyl (C=O) groups is 2. The number of hydrogen-bond acceptors (Lipinski definition) is 10. The number of unbranched alkanes of at least 4 members (excludes halogenated alkanes) is 12. The number of ether oxygens (including phenoxy) is 3. The highest BCUT2D eigenvalue weighted by atomic mass is 31.2. The Kier molecular flexibility index (Phi) is 29.6. The molecule has 2 rings (SSSR count). The molecule has 1 aliphatic rings. The van der Waals surface area contributed by atoms with Crippen LogP contribution in [0.4, 0.5) is 0 Å². The van der Waals surface area contributed by atoms with Crippen molar-refractivity contribution in [1.82, 2.24) is 0 Å². The van der Waals surface area contributed by atoms with E-state index < -0.39 is 32.5 Å². The number of esters is 2. The van der Waals surface area contributed by atoms with E-state index in [1.807, 2.05) is 21.1 Å². The Balaban J connectivity index is 1.65. The van der Waals surface area contributed by atoms with Gasteiger partial charge in [-0.05, 0) is 89.2 Å². The number of epoxide rings is 1. The highest BCUT2D eigenvalue weighted by molar-refractivity contribution is 7.45. The number of likely N-dealkylation sites (N-methyl/N-ethyl adjacent to an activating group) is 1. The molecule has 1 aromatic rings. The van der Waals surface area contributed by atoms with Gasteiger partial charge in [0.1, 0.15) is 31.3 Å². The van der Waals surface area contributed by atoms with E-state index in [2.05, 4.69) is 64.2 Å². The molecule has 4 atom stereocenters. The molecule has 1 aromatic heterocycles. The SMILES string of the molecule is CCCCC/C=C\C/C=C\C/C=C\CC1OC1CCCC(=O)O[C@H](COC(=O)CCCCCCCCCCc1oc(CCCCC)c(C)c1C)COP(=O)([O-])OCC[N+](C)(C)C. The lowest BCUT2D eigenvalue weighted by Gasteiger charge is -2.28. The van der Waals surface area contributed by atoms with Gasteiger partial charge in [-0.1, -0.05) is 115 Å². The van der Waals surface area contributed by atoms with E-state index in [4.69, 9.17) is 27.7 Å². The fourth-order valence-electron chi connectivity index (χ4n) is 7.10. The lowest BCUT2D eigenvalue weighted by atomic mass is 10.0. The maximum atomic E-state index is 12.8. The zero-order chi connectivity index (χ0) is 45.5. The van der Waals surface area contributed by atoms with Crippen LogP contribution in [0.25, 0.3) is 0 Å². The number of phosphoric ester groups is 1. The predicted octanol–water partition coefficient (Wildman–Crippen LogP) is 11.7. The standard InChI is InChI=1S/C50H86NO10P/c1-8-10-12-13-14-15-16-17-18-22-25-29-34-47-48(61-47)35-31-37-50(53)59-44(41-58-62(54,55)57-39-38-51(5,6)7)40-56-49(52)36-30-26-23-20-19-21-24-28-33-46-43(4)42(3)45(60-46)32-27-11-9-2/h14-15,17-18,25,29,44,47-48H,8-13,16,19-24,26-28,30-41H2,1-7H3/b15-14-,18-17-,29-25-/t44-,47?,48?/m1/s1. The number of phosphoric acid groups is 1. The van der Waals surface area contributed by atoms with Crippen LogP contribution in [-0.2, 0) is 50.3 Å². The average molecular weight is 892 g/mol. The van der Waals surface area contributed by atoms with E-state index in [1.165, 1.54) is 74.7 Å². The fraction of sp³-hybridized carbons (Fsp3) is 0.760. The van der Waals surface area contributed by atoms with Crippen LogP contribution in [0.3, 0.4) is 0 Å². The predicted molar refractivity (Wildman–Crippen MR) is 248 cm³/mol. The number of carbonyl (C=O) groups excluding carboxylic acids is 2. The Morgan fingerprint density at radius 2 is 1.26 bits per heavy atom. The molecule has 0 spiro atoms. The highest BCUT2D eigenvalue weighted by Gasteiger charge is 2.36. The van der Waals surface area contributed by atoms with E-state index >= 15 is 0 Å². The normalized spacial score (nSPS) is 17.0. The van der Waals surface area contributed by atoms with Crippen LogP contribution in [0.15, 0.2) is 40.9 Å². The van der Waals surface area contributed by atoms with Gasteiger partial charge in [0.15, 0.2) is 6.10 Å². The van der Waals surface area contributed by atoms with E-state index in [1.54, 1.807) is 0 Å². The van der Waals surface area contributed by atoms with Gasteiger partial charge in [-0.15, -0.1) is 0 Å². The lowest BCUT2D eigenvalue weighted by Crippen LogP contribution is -2.37. The first kappa shape index (κ1) is 55.6. The van der Waals surface area contributed by atoms with Crippen LogP contribution in [0.5, 0.6) is 0 Å². The second kappa shape index (κ2) is 33.0. The van der Waals surface area contributed by atoms with E-state index in [0.717, 1.165) is 76.4 Å². The Morgan fingerprint density at radius 3 is 1.90 bits per heavy atom. The Bertz CT molecular complexity index is 1490. The Hall–Kier alpha value is -2.53. The summed E-state index contributed by atoms with van der Waals surface area (Å²) in [6.45, 7) is 8.42. The van der Waals surface area contributed by atoms with Gasteiger partial charge in [-0.25, -0.2) is 0 Å². The number of furan rings is 1. The third-order valence-electron chi connectivity index (χ3n) is 11.3. The van der Waals surface area contributed by atoms with Crippen molar-refractivity contribution in [2.24, 2.45) is 0 Å². The lowest BCUT2D eigenvalue weighted by molar-refractivity contribution is -0.870. The van der Waals surface area contributed by atoms with Crippen molar-refractivity contribution in [3.63, 3.8) is 0 Å². The van der Waals surface area contributed by atoms with Gasteiger partial charge in [0.05, 0.1) is 40.0 Å². The summed E-state index contributed by atoms with van der Waals surface area (Å²) in [7, 11) is 1.09. The van der Waals surface area contributed by atoms with Crippen LogP contribution < -0.4 is 4.89 Å². The molecule has 0 N–H and O–H groups in total. The molecule has 0 aromatic carbocycles. The van der Waals surface area contributed by atoms with E-state index in [9.17, 15) is 19.0 Å². The molecule has 62 heavy (non-hydrogen) atoms. The maximum Gasteiger partial charge on any atom is 0.306 e. The minimum atomic E-state index is -4.67. The zero-order valence-electron chi connectivity index (χ0n) is 40.0. The molecule has 1 aliphatic heterocycles. The van der Waals surface area contributed by atoms with Crippen LogP contribution in [0.2, 0.25) is 0 Å². The van der Waals surface area contributed by atoms with Crippen LogP contribution >= 0.6 is 7.82 Å². The molecule has 0 bridgehead atoms. The first-order chi connectivity index (χ1) is 29.7. The van der Waals surface area contributed by atoms with Gasteiger partial charge in [-0.3, -0.25) is 14.2 Å². The molecule has 0 aliphatic carbocycles. The first-order valence-electron chi connectivity index (χ1n) is 24.2. The van der Waals surface area contributed by atoms with Crippen LogP contribution in [0, 0.1) is 13.8 Å². The molecule has 11 nitrogen and oxygen atoms in total. The monoisotopic (exact) mass is 892 g/mol. The molecule has 12 heteroatoms. The summed E-state index contributed by atoms with van der Waals surface area (Å²) < 4.78 is 46.1. The van der Waals surface area contributed by atoms with Gasteiger partial charge < -0.3 is 37.1 Å². The number of rotatable bonds is 39. The molecule has 0 saturated carbocycles. The molecule has 3 unspecified atom stereocenters. The Labute approximate surface area is 376 Å². The smallest absolute Gasteiger partial charge is 0.306 e. The summed E-state index contributed by atoms with van der Waals surface area (Å²) >= 11 is 0. The first-order valence-corrected chi connectivity index (χ1v) is 25.6. The molecule has 0 radical (unpaired) electrons. The molecular weight excluding hydrogens is 806 g/mol. The van der Waals surface area contributed by atoms with Gasteiger partial charge in [0.25, 0.3) is 7.82 Å². The zero-order valence-corrected chi connectivity index (χ0v) is 40.9. The van der Waals surface area contributed by atoms with Gasteiger partial charge in [0, 0.05) is 25.7 Å². The second-order valence-corrected chi connectivity index (χ2v) is 19.5. The van der Waals surface area contributed by atoms with Crippen molar-refractivity contribution >= 4 is 19.8 Å². The summed E-state index contributed by atoms with van der Waals surface area (Å²) in [5, 5.41) is 0. The summed E-state index contributed by atoms with van der Waals surface area (Å²) in [6.07, 6.45) is 35.8. The number of allylic oxidation sites excluding steroid dienone is 5. The highest BCUT2D eigenvalue weighted by Crippen LogP contribution is 2.38. The summed E-state index contributed by atoms with van der Waals surface area (Å²) in [4.78, 5) is 37.9. The summed E-state index contributed by atoms with van der Waals surface area (Å²) in [5.74, 6) is 1.40. The average Bonchev–Trinajstić information content (AvgIpc) is 3.92. The number of nitrogens with zero attached hydrogens (tertiary/aromatic N) is 1. The van der Waals surface area contributed by atoms with Crippen molar-refractivity contribution in [2.45, 2.75) is 200 Å². The van der Waals surface area contributed by atoms with Crippen LogP contribution in [0.1, 0.15) is 178 Å². The minimum absolute atomic E-state index is 0.0524. The van der Waals surface area contributed by atoms with Crippen molar-refractivity contribution in [3.8, 4) is 0 Å². The van der Waals surface area contributed by atoms with E-state index in [0.29, 0.717) is 23.9 Å². The van der Waals surface area contributed by atoms with Gasteiger partial charge in [0.2, 0.25) is 0 Å². The number of hydrogen-bond donors (Lipinski definition) is 0. The van der Waals surface area contributed by atoms with Crippen molar-refractivity contribution in [3.05, 3.63) is 59.1 Å². The molecule has 1 saturated heterocycles. The summed E-state index contributed by atoms with van der Waals surface area (Å²) in [5.41, 5.74) is 2.65. The second-order valence-electron chi connectivity index (χ2n) is 18.1. The number of quaternary nitrogens is 1. The van der Waals surface area contributed by atoms with Crippen molar-refractivity contribution < 1.29 is 51.2 Å². The van der Waals surface area contributed by atoms with E-state index in [-0.39, 0.29) is 38.3 Å². The Morgan fingerprint density at radius 1 is 0.694 bits per heavy atom. The molecule has 0 amide bonds. The van der Waals surface area contributed by atoms with Crippen LogP contribution in [-0.4, -0.2) is 82.2 Å². The van der Waals surface area contributed by atoms with Crippen molar-refractivity contribution in [1.29, 1.82) is 0 Å². The quantitative estimate of drug-likeness (QED) is 0.0157. The maximum absolute atomic E-state index is 12.8. The third-order valence-corrected chi connectivity index (χ3v) is 12.3. The molecule has 1 fully saturated rings. The molecular formula is C50H86NO10P. The topological polar surface area (TPSA) is 137 Å². The van der Waals surface area contributed by atoms with Gasteiger partial charge in [-0.2, -0.15) is 0 Å².